The molecule has 0 bridgehead atoms. The summed E-state index contributed by atoms with van der Waals surface area (Å²) in [6, 6.07) is 13.5. The molecule has 0 spiro atoms. The maximum Gasteiger partial charge on any atom is 0.123 e. The summed E-state index contributed by atoms with van der Waals surface area (Å²) in [5, 5.41) is 0.726. The van der Waals surface area contributed by atoms with Gasteiger partial charge in [0.05, 0.1) is 7.11 Å². The number of thioether (sulfide) groups is 1. The second kappa shape index (κ2) is 6.03. The van der Waals surface area contributed by atoms with Gasteiger partial charge >= 0.3 is 0 Å². The molecule has 0 atom stereocenters. The van der Waals surface area contributed by atoms with Gasteiger partial charge in [0.2, 0.25) is 0 Å². The van der Waals surface area contributed by atoms with Gasteiger partial charge in [0.1, 0.15) is 5.75 Å². The van der Waals surface area contributed by atoms with E-state index < -0.39 is 0 Å². The van der Waals surface area contributed by atoms with Gasteiger partial charge in [-0.1, -0.05) is 11.6 Å². The Morgan fingerprint density at radius 2 is 1.89 bits per heavy atom. The Labute approximate surface area is 116 Å². The predicted molar refractivity (Wildman–Crippen MR) is 78.4 cm³/mol. The van der Waals surface area contributed by atoms with Gasteiger partial charge < -0.3 is 10.5 Å². The molecule has 0 fully saturated rings. The van der Waals surface area contributed by atoms with E-state index >= 15 is 0 Å². The van der Waals surface area contributed by atoms with Crippen LogP contribution in [-0.2, 0) is 5.75 Å². The fourth-order valence-electron chi connectivity index (χ4n) is 1.59. The summed E-state index contributed by atoms with van der Waals surface area (Å²) in [7, 11) is 1.67. The zero-order valence-corrected chi connectivity index (χ0v) is 11.6. The molecule has 0 saturated carbocycles. The third-order valence-electron chi connectivity index (χ3n) is 2.52. The third-order valence-corrected chi connectivity index (χ3v) is 3.81. The zero-order valence-electron chi connectivity index (χ0n) is 10.0. The molecule has 0 aromatic heterocycles. The second-order valence-electron chi connectivity index (χ2n) is 3.81. The van der Waals surface area contributed by atoms with Crippen LogP contribution in [0.3, 0.4) is 0 Å². The van der Waals surface area contributed by atoms with E-state index in [4.69, 9.17) is 22.1 Å². The number of benzene rings is 2. The maximum absolute atomic E-state index is 5.99. The van der Waals surface area contributed by atoms with Crippen molar-refractivity contribution >= 4 is 29.1 Å². The van der Waals surface area contributed by atoms with Crippen LogP contribution in [-0.4, -0.2) is 7.11 Å². The van der Waals surface area contributed by atoms with E-state index in [9.17, 15) is 0 Å². The van der Waals surface area contributed by atoms with Gasteiger partial charge in [-0.3, -0.25) is 0 Å². The molecule has 4 heteroatoms. The number of ether oxygens (including phenoxy) is 1. The number of anilines is 1. The molecule has 94 valence electrons. The topological polar surface area (TPSA) is 35.2 Å². The van der Waals surface area contributed by atoms with Crippen molar-refractivity contribution < 1.29 is 4.74 Å². The molecule has 2 aromatic rings. The Morgan fingerprint density at radius 1 is 1.17 bits per heavy atom. The van der Waals surface area contributed by atoms with E-state index in [1.54, 1.807) is 18.9 Å². The Balaban J connectivity index is 2.09. The van der Waals surface area contributed by atoms with Crippen molar-refractivity contribution in [2.75, 3.05) is 12.8 Å². The van der Waals surface area contributed by atoms with Crippen LogP contribution in [0.4, 0.5) is 5.69 Å². The Kier molecular flexibility index (Phi) is 4.39. The number of nitrogen functional groups attached to an aromatic ring is 1. The molecule has 0 aliphatic heterocycles. The van der Waals surface area contributed by atoms with Gasteiger partial charge in [0, 0.05) is 26.9 Å². The minimum atomic E-state index is 0.726. The van der Waals surface area contributed by atoms with Crippen LogP contribution in [0.15, 0.2) is 47.4 Å². The minimum Gasteiger partial charge on any atom is -0.496 e. The number of hydrogen-bond acceptors (Lipinski definition) is 3. The van der Waals surface area contributed by atoms with Crippen molar-refractivity contribution in [1.29, 1.82) is 0 Å². The molecule has 2 aromatic carbocycles. The Morgan fingerprint density at radius 3 is 2.56 bits per heavy atom. The van der Waals surface area contributed by atoms with Crippen molar-refractivity contribution in [1.82, 2.24) is 0 Å². The first-order valence-corrected chi connectivity index (χ1v) is 6.86. The first-order chi connectivity index (χ1) is 8.69. The Hall–Kier alpha value is -1.32. The second-order valence-corrected chi connectivity index (χ2v) is 5.30. The molecule has 2 nitrogen and oxygen atoms in total. The molecule has 0 saturated heterocycles. The van der Waals surface area contributed by atoms with E-state index in [2.05, 4.69) is 0 Å². The summed E-state index contributed by atoms with van der Waals surface area (Å²) in [4.78, 5) is 1.17. The van der Waals surface area contributed by atoms with Gasteiger partial charge in [0.25, 0.3) is 0 Å². The number of nitrogens with two attached hydrogens (primary N) is 1. The number of hydrogen-bond donors (Lipinski definition) is 1. The normalized spacial score (nSPS) is 10.3. The van der Waals surface area contributed by atoms with Crippen LogP contribution in [0.5, 0.6) is 5.75 Å². The highest BCUT2D eigenvalue weighted by Gasteiger charge is 2.04. The van der Waals surface area contributed by atoms with Crippen LogP contribution >= 0.6 is 23.4 Å². The molecule has 2 rings (SSSR count). The molecule has 0 unspecified atom stereocenters. The SMILES string of the molecule is COc1ccc(Cl)cc1CSc1ccc(N)cc1. The fourth-order valence-corrected chi connectivity index (χ4v) is 2.66. The lowest BCUT2D eigenvalue weighted by Gasteiger charge is -2.08. The van der Waals surface area contributed by atoms with Crippen molar-refractivity contribution in [3.05, 3.63) is 53.1 Å². The van der Waals surface area contributed by atoms with E-state index in [0.29, 0.717) is 0 Å². The largest absolute Gasteiger partial charge is 0.496 e. The molecular weight excluding hydrogens is 266 g/mol. The van der Waals surface area contributed by atoms with Crippen LogP contribution in [0.2, 0.25) is 5.02 Å². The molecule has 0 heterocycles. The standard InChI is InChI=1S/C14H14ClNOS/c1-17-14-7-2-11(15)8-10(14)9-18-13-5-3-12(16)4-6-13/h2-8H,9,16H2,1H3. The first-order valence-electron chi connectivity index (χ1n) is 5.50. The molecular formula is C14H14ClNOS. The van der Waals surface area contributed by atoms with Crippen LogP contribution in [0.25, 0.3) is 0 Å². The average Bonchev–Trinajstić information content (AvgIpc) is 2.38. The van der Waals surface area contributed by atoms with Gasteiger partial charge in [-0.15, -0.1) is 11.8 Å². The van der Waals surface area contributed by atoms with Crippen molar-refractivity contribution in [2.24, 2.45) is 0 Å². The van der Waals surface area contributed by atoms with Crippen LogP contribution in [0, 0.1) is 0 Å². The summed E-state index contributed by atoms with van der Waals surface area (Å²) in [6.45, 7) is 0. The van der Waals surface area contributed by atoms with E-state index in [1.165, 1.54) is 4.90 Å². The van der Waals surface area contributed by atoms with Crippen molar-refractivity contribution in [3.8, 4) is 5.75 Å². The molecule has 0 amide bonds. The van der Waals surface area contributed by atoms with Gasteiger partial charge in [-0.2, -0.15) is 0 Å². The molecule has 2 N–H and O–H groups in total. The average molecular weight is 280 g/mol. The lowest BCUT2D eigenvalue weighted by atomic mass is 10.2. The summed E-state index contributed by atoms with van der Waals surface area (Å²) in [5.41, 5.74) is 7.52. The smallest absolute Gasteiger partial charge is 0.123 e. The third kappa shape index (κ3) is 3.34. The lowest BCUT2D eigenvalue weighted by Crippen LogP contribution is -1.90. The Bertz CT molecular complexity index is 528. The quantitative estimate of drug-likeness (QED) is 0.672. The molecule has 0 aliphatic rings. The highest BCUT2D eigenvalue weighted by atomic mass is 35.5. The van der Waals surface area contributed by atoms with Crippen molar-refractivity contribution in [3.63, 3.8) is 0 Å². The summed E-state index contributed by atoms with van der Waals surface area (Å²) in [6.07, 6.45) is 0. The van der Waals surface area contributed by atoms with Gasteiger partial charge in [-0.05, 0) is 42.5 Å². The van der Waals surface area contributed by atoms with Gasteiger partial charge in [0.15, 0.2) is 0 Å². The summed E-state index contributed by atoms with van der Waals surface area (Å²) < 4.78 is 5.32. The number of halogens is 1. The zero-order chi connectivity index (χ0) is 13.0. The first kappa shape index (κ1) is 13.1. The summed E-state index contributed by atoms with van der Waals surface area (Å²) >= 11 is 7.72. The van der Waals surface area contributed by atoms with E-state index in [1.807, 2.05) is 42.5 Å². The van der Waals surface area contributed by atoms with Crippen LogP contribution < -0.4 is 10.5 Å². The van der Waals surface area contributed by atoms with Gasteiger partial charge in [-0.25, -0.2) is 0 Å². The summed E-state index contributed by atoms with van der Waals surface area (Å²) in [5.74, 6) is 1.68. The molecule has 0 aliphatic carbocycles. The predicted octanol–water partition coefficient (Wildman–Crippen LogP) is 4.22. The van der Waals surface area contributed by atoms with E-state index in [-0.39, 0.29) is 0 Å². The number of methoxy groups -OCH3 is 1. The van der Waals surface area contributed by atoms with E-state index in [0.717, 1.165) is 27.8 Å². The highest BCUT2D eigenvalue weighted by Crippen LogP contribution is 2.30. The molecule has 18 heavy (non-hydrogen) atoms. The molecule has 0 radical (unpaired) electrons. The minimum absolute atomic E-state index is 0.726. The number of rotatable bonds is 4. The highest BCUT2D eigenvalue weighted by molar-refractivity contribution is 7.98. The monoisotopic (exact) mass is 279 g/mol. The maximum atomic E-state index is 5.99. The lowest BCUT2D eigenvalue weighted by molar-refractivity contribution is 0.411. The van der Waals surface area contributed by atoms with Crippen LogP contribution in [0.1, 0.15) is 5.56 Å². The fraction of sp³-hybridized carbons (Fsp3) is 0.143. The van der Waals surface area contributed by atoms with Crippen molar-refractivity contribution in [2.45, 2.75) is 10.6 Å².